The Labute approximate surface area is 244 Å². The van der Waals surface area contributed by atoms with Crippen LogP contribution in [0.1, 0.15) is 130 Å². The minimum atomic E-state index is -0.539. The number of esters is 1. The van der Waals surface area contributed by atoms with Crippen LogP contribution in [0.4, 0.5) is 0 Å². The molecule has 222 valence electrons. The second kappa shape index (κ2) is 13.0. The number of ether oxygens (including phenoxy) is 2. The van der Waals surface area contributed by atoms with Crippen LogP contribution in [0.15, 0.2) is 42.0 Å². The molecule has 0 heterocycles. The highest BCUT2D eigenvalue weighted by Crippen LogP contribution is 2.66. The van der Waals surface area contributed by atoms with Crippen molar-refractivity contribution in [2.75, 3.05) is 0 Å². The third-order valence-corrected chi connectivity index (χ3v) is 12.1. The summed E-state index contributed by atoms with van der Waals surface area (Å²) in [6, 6.07) is 9.64. The molecule has 4 aliphatic rings. The lowest BCUT2D eigenvalue weighted by Crippen LogP contribution is -2.50. The zero-order valence-corrected chi connectivity index (χ0v) is 26.0. The standard InChI is InChI=1S/C37H56O3/c1-5-7-8-9-10-12-15-27-19-21-32-31-20-18-28-26-30(22-24-37(28,4)33(31)23-25-36(27,32)3)40-35(38)34(6-2)39-29-16-13-11-14-17-29/h11,13-14,16-18,27,30-34H,5-10,12,15,19-26H2,1-4H3. The molecule has 40 heavy (non-hydrogen) atoms. The zero-order valence-electron chi connectivity index (χ0n) is 26.0. The fourth-order valence-corrected chi connectivity index (χ4v) is 9.68. The number of carbonyl (C=O) groups is 1. The van der Waals surface area contributed by atoms with Crippen molar-refractivity contribution in [2.45, 2.75) is 143 Å². The van der Waals surface area contributed by atoms with Gasteiger partial charge in [-0.1, -0.05) is 96.1 Å². The second-order valence-corrected chi connectivity index (χ2v) is 14.3. The van der Waals surface area contributed by atoms with Crippen LogP contribution in [0.25, 0.3) is 0 Å². The normalized spacial score (nSPS) is 35.6. The number of allylic oxidation sites excluding steroid dienone is 1. The predicted molar refractivity (Wildman–Crippen MR) is 164 cm³/mol. The van der Waals surface area contributed by atoms with Gasteiger partial charge in [0.2, 0.25) is 0 Å². The van der Waals surface area contributed by atoms with Crippen LogP contribution in [0.5, 0.6) is 5.75 Å². The molecule has 8 atom stereocenters. The first kappa shape index (κ1) is 29.7. The Hall–Kier alpha value is -1.77. The van der Waals surface area contributed by atoms with Crippen molar-refractivity contribution in [2.24, 2.45) is 34.5 Å². The molecule has 0 N–H and O–H groups in total. The molecule has 3 nitrogen and oxygen atoms in total. The SMILES string of the molecule is CCCCCCCCC1CCC2C3CC=C4CC(OC(=O)C(CC)Oc5ccccc5)CCC4(C)C3CCC12C. The van der Waals surface area contributed by atoms with Crippen LogP contribution < -0.4 is 4.74 Å². The van der Waals surface area contributed by atoms with Gasteiger partial charge in [0, 0.05) is 6.42 Å². The van der Waals surface area contributed by atoms with Gasteiger partial charge in [0.25, 0.3) is 0 Å². The van der Waals surface area contributed by atoms with E-state index in [9.17, 15) is 4.79 Å². The first-order chi connectivity index (χ1) is 19.4. The monoisotopic (exact) mass is 548 g/mol. The highest BCUT2D eigenvalue weighted by molar-refractivity contribution is 5.75. The van der Waals surface area contributed by atoms with Gasteiger partial charge in [-0.25, -0.2) is 4.79 Å². The van der Waals surface area contributed by atoms with E-state index in [0.29, 0.717) is 11.8 Å². The molecule has 3 heteroatoms. The van der Waals surface area contributed by atoms with E-state index in [0.717, 1.165) is 48.7 Å². The van der Waals surface area contributed by atoms with Gasteiger partial charge in [-0.3, -0.25) is 0 Å². The number of hydrogen-bond donors (Lipinski definition) is 0. The Bertz CT molecular complexity index is 1000. The molecule has 3 fully saturated rings. The van der Waals surface area contributed by atoms with Gasteiger partial charge >= 0.3 is 5.97 Å². The van der Waals surface area contributed by atoms with E-state index in [1.54, 1.807) is 5.57 Å². The average molecular weight is 549 g/mol. The van der Waals surface area contributed by atoms with Gasteiger partial charge in [-0.2, -0.15) is 0 Å². The highest BCUT2D eigenvalue weighted by Gasteiger charge is 2.58. The van der Waals surface area contributed by atoms with E-state index in [1.165, 1.54) is 77.0 Å². The third kappa shape index (κ3) is 6.05. The van der Waals surface area contributed by atoms with Gasteiger partial charge in [0.05, 0.1) is 0 Å². The summed E-state index contributed by atoms with van der Waals surface area (Å²) in [5.74, 6) is 4.04. The van der Waals surface area contributed by atoms with Crippen molar-refractivity contribution < 1.29 is 14.3 Å². The van der Waals surface area contributed by atoms with E-state index in [1.807, 2.05) is 37.3 Å². The van der Waals surface area contributed by atoms with Crippen molar-refractivity contribution in [3.63, 3.8) is 0 Å². The molecule has 8 unspecified atom stereocenters. The van der Waals surface area contributed by atoms with Gasteiger partial charge in [0.15, 0.2) is 6.10 Å². The summed E-state index contributed by atoms with van der Waals surface area (Å²) in [5, 5.41) is 0. The van der Waals surface area contributed by atoms with Crippen molar-refractivity contribution >= 4 is 5.97 Å². The molecule has 0 saturated heterocycles. The quantitative estimate of drug-likeness (QED) is 0.148. The van der Waals surface area contributed by atoms with Crippen LogP contribution >= 0.6 is 0 Å². The smallest absolute Gasteiger partial charge is 0.347 e. The molecule has 3 saturated carbocycles. The number of unbranched alkanes of at least 4 members (excludes halogenated alkanes) is 5. The van der Waals surface area contributed by atoms with E-state index >= 15 is 0 Å². The summed E-state index contributed by atoms with van der Waals surface area (Å²) in [6.07, 6.45) is 22.7. The summed E-state index contributed by atoms with van der Waals surface area (Å²) >= 11 is 0. The molecule has 0 radical (unpaired) electrons. The van der Waals surface area contributed by atoms with Gasteiger partial charge < -0.3 is 9.47 Å². The van der Waals surface area contributed by atoms with Gasteiger partial charge in [0.1, 0.15) is 11.9 Å². The number of carbonyl (C=O) groups excluding carboxylic acids is 1. The van der Waals surface area contributed by atoms with Crippen molar-refractivity contribution in [3.8, 4) is 5.75 Å². The molecule has 0 bridgehead atoms. The van der Waals surface area contributed by atoms with Crippen LogP contribution in [0.2, 0.25) is 0 Å². The van der Waals surface area contributed by atoms with Crippen LogP contribution in [0, 0.1) is 34.5 Å². The summed E-state index contributed by atoms with van der Waals surface area (Å²) in [6.45, 7) is 9.55. The lowest BCUT2D eigenvalue weighted by Gasteiger charge is -2.58. The molecule has 1 aromatic rings. The fraction of sp³-hybridized carbons (Fsp3) is 0.757. The molecule has 0 aliphatic heterocycles. The van der Waals surface area contributed by atoms with Crippen LogP contribution in [0.3, 0.4) is 0 Å². The lowest BCUT2D eigenvalue weighted by molar-refractivity contribution is -0.160. The zero-order chi connectivity index (χ0) is 28.2. The van der Waals surface area contributed by atoms with Crippen molar-refractivity contribution in [1.82, 2.24) is 0 Å². The maximum atomic E-state index is 13.1. The fourth-order valence-electron chi connectivity index (χ4n) is 9.68. The van der Waals surface area contributed by atoms with Gasteiger partial charge in [-0.05, 0) is 104 Å². The van der Waals surface area contributed by atoms with Crippen molar-refractivity contribution in [3.05, 3.63) is 42.0 Å². The number of rotatable bonds is 12. The molecule has 5 rings (SSSR count). The molecule has 4 aliphatic carbocycles. The number of fused-ring (bicyclic) bond motifs is 5. The van der Waals surface area contributed by atoms with Gasteiger partial charge in [-0.15, -0.1) is 0 Å². The maximum Gasteiger partial charge on any atom is 0.347 e. The molecule has 0 spiro atoms. The first-order valence-electron chi connectivity index (χ1n) is 17.0. The van der Waals surface area contributed by atoms with E-state index in [-0.39, 0.29) is 17.5 Å². The molecule has 0 amide bonds. The summed E-state index contributed by atoms with van der Waals surface area (Å²) in [7, 11) is 0. The summed E-state index contributed by atoms with van der Waals surface area (Å²) in [5.41, 5.74) is 2.43. The molecular formula is C37H56O3. The Morgan fingerprint density at radius 3 is 2.48 bits per heavy atom. The summed E-state index contributed by atoms with van der Waals surface area (Å²) < 4.78 is 12.1. The molecular weight excluding hydrogens is 492 g/mol. The Morgan fingerprint density at radius 2 is 1.70 bits per heavy atom. The Balaban J connectivity index is 1.17. The number of benzene rings is 1. The minimum Gasteiger partial charge on any atom is -0.479 e. The Kier molecular flexibility index (Phi) is 9.68. The van der Waals surface area contributed by atoms with Crippen LogP contribution in [-0.4, -0.2) is 18.2 Å². The van der Waals surface area contributed by atoms with E-state index in [4.69, 9.17) is 9.47 Å². The first-order valence-corrected chi connectivity index (χ1v) is 17.0. The number of para-hydroxylation sites is 1. The Morgan fingerprint density at radius 1 is 0.925 bits per heavy atom. The highest BCUT2D eigenvalue weighted by atomic mass is 16.6. The molecule has 0 aromatic heterocycles. The average Bonchev–Trinajstić information content (AvgIpc) is 3.30. The topological polar surface area (TPSA) is 35.5 Å². The van der Waals surface area contributed by atoms with E-state index < -0.39 is 6.10 Å². The summed E-state index contributed by atoms with van der Waals surface area (Å²) in [4.78, 5) is 13.1. The predicted octanol–water partition coefficient (Wildman–Crippen LogP) is 10.1. The maximum absolute atomic E-state index is 13.1. The minimum absolute atomic E-state index is 0.0150. The van der Waals surface area contributed by atoms with Crippen molar-refractivity contribution in [1.29, 1.82) is 0 Å². The molecule has 1 aromatic carbocycles. The van der Waals surface area contributed by atoms with E-state index in [2.05, 4.69) is 26.8 Å². The lowest BCUT2D eigenvalue weighted by atomic mass is 9.47. The third-order valence-electron chi connectivity index (χ3n) is 12.1. The largest absolute Gasteiger partial charge is 0.479 e. The number of hydrogen-bond acceptors (Lipinski definition) is 3. The van der Waals surface area contributed by atoms with Crippen LogP contribution in [-0.2, 0) is 9.53 Å². The second-order valence-electron chi connectivity index (χ2n) is 14.3.